The lowest BCUT2D eigenvalue weighted by atomic mass is 10.2. The Labute approximate surface area is 60.3 Å². The highest BCUT2D eigenvalue weighted by molar-refractivity contribution is 5.22. The van der Waals surface area contributed by atoms with Gasteiger partial charge in [-0.05, 0) is 37.1 Å². The Morgan fingerprint density at radius 2 is 1.80 bits per heavy atom. The van der Waals surface area contributed by atoms with E-state index in [9.17, 15) is 4.79 Å². The lowest BCUT2D eigenvalue weighted by Crippen LogP contribution is -1.90. The summed E-state index contributed by atoms with van der Waals surface area (Å²) in [6, 6.07) is 6.94. The average Bonchev–Trinajstić information content (AvgIpc) is 1.96. The van der Waals surface area contributed by atoms with E-state index in [2.05, 4.69) is 0 Å². The van der Waals surface area contributed by atoms with E-state index in [1.54, 1.807) is 18.2 Å². The highest BCUT2D eigenvalue weighted by atomic mass is 16.1. The summed E-state index contributed by atoms with van der Waals surface area (Å²) in [4.78, 5) is 10.8. The molecular weight excluding hydrogens is 124 g/mol. The van der Waals surface area contributed by atoms with Gasteiger partial charge in [-0.1, -0.05) is 12.1 Å². The van der Waals surface area contributed by atoms with Gasteiger partial charge < -0.3 is 0 Å². The first-order valence-corrected chi connectivity index (χ1v) is 3.28. The zero-order valence-corrected chi connectivity index (χ0v) is 6.22. The quantitative estimate of drug-likeness (QED) is 0.527. The molecule has 0 radical (unpaired) electrons. The zero-order chi connectivity index (χ0) is 7.56. The van der Waals surface area contributed by atoms with Crippen molar-refractivity contribution in [2.75, 3.05) is 0 Å². The number of rotatable bonds is 0. The lowest BCUT2D eigenvalue weighted by Gasteiger charge is -1.87. The monoisotopic (exact) mass is 134 g/mol. The molecule has 0 heterocycles. The highest BCUT2D eigenvalue weighted by Crippen LogP contribution is 1.98. The molecule has 0 bridgehead atoms. The summed E-state index contributed by atoms with van der Waals surface area (Å²) < 4.78 is 0. The second-order valence-corrected chi connectivity index (χ2v) is 2.44. The van der Waals surface area contributed by atoms with Gasteiger partial charge in [0.15, 0.2) is 5.43 Å². The van der Waals surface area contributed by atoms with Gasteiger partial charge in [0.2, 0.25) is 0 Å². The molecule has 0 atom stereocenters. The standard InChI is InChI=1S/C9H10O/c1-7-4-3-5-9(10)6-8(7)2/h3-6H,1-2H3. The van der Waals surface area contributed by atoms with Crippen molar-refractivity contribution < 1.29 is 0 Å². The molecule has 0 saturated carbocycles. The third kappa shape index (κ3) is 1.44. The molecule has 0 amide bonds. The largest absolute Gasteiger partial charge is 0.290 e. The van der Waals surface area contributed by atoms with Crippen molar-refractivity contribution in [2.24, 2.45) is 0 Å². The fourth-order valence-corrected chi connectivity index (χ4v) is 0.794. The third-order valence-corrected chi connectivity index (χ3v) is 1.59. The molecular formula is C9H10O. The molecule has 0 unspecified atom stereocenters. The third-order valence-electron chi connectivity index (χ3n) is 1.59. The van der Waals surface area contributed by atoms with Gasteiger partial charge in [0.25, 0.3) is 0 Å². The summed E-state index contributed by atoms with van der Waals surface area (Å²) in [5, 5.41) is 0. The molecule has 0 spiro atoms. The smallest absolute Gasteiger partial charge is 0.178 e. The zero-order valence-electron chi connectivity index (χ0n) is 6.22. The maximum absolute atomic E-state index is 10.8. The van der Waals surface area contributed by atoms with E-state index in [0.29, 0.717) is 0 Å². The maximum Gasteiger partial charge on any atom is 0.178 e. The Bertz CT molecular complexity index is 289. The van der Waals surface area contributed by atoms with Crippen molar-refractivity contribution in [1.82, 2.24) is 0 Å². The average molecular weight is 134 g/mol. The molecule has 52 valence electrons. The van der Waals surface area contributed by atoms with Gasteiger partial charge in [-0.3, -0.25) is 4.79 Å². The Kier molecular flexibility index (Phi) is 1.86. The van der Waals surface area contributed by atoms with E-state index in [0.717, 1.165) is 11.1 Å². The fraction of sp³-hybridized carbons (Fsp3) is 0.222. The molecule has 0 fully saturated rings. The van der Waals surface area contributed by atoms with Crippen LogP contribution < -0.4 is 5.43 Å². The van der Waals surface area contributed by atoms with Crippen LogP contribution in [0.2, 0.25) is 0 Å². The number of hydrogen-bond acceptors (Lipinski definition) is 1. The minimum atomic E-state index is 0.0746. The number of hydrogen-bond donors (Lipinski definition) is 0. The predicted molar refractivity (Wildman–Crippen MR) is 42.2 cm³/mol. The van der Waals surface area contributed by atoms with Crippen LogP contribution in [0, 0.1) is 13.8 Å². The van der Waals surface area contributed by atoms with Gasteiger partial charge >= 0.3 is 0 Å². The van der Waals surface area contributed by atoms with Crippen LogP contribution >= 0.6 is 0 Å². The van der Waals surface area contributed by atoms with E-state index >= 15 is 0 Å². The van der Waals surface area contributed by atoms with Gasteiger partial charge in [0.1, 0.15) is 0 Å². The topological polar surface area (TPSA) is 17.1 Å². The van der Waals surface area contributed by atoms with Crippen LogP contribution in [-0.4, -0.2) is 0 Å². The minimum absolute atomic E-state index is 0.0746. The van der Waals surface area contributed by atoms with Gasteiger partial charge in [-0.25, -0.2) is 0 Å². The van der Waals surface area contributed by atoms with Crippen molar-refractivity contribution >= 4 is 0 Å². The first kappa shape index (κ1) is 7.00. The molecule has 1 rings (SSSR count). The van der Waals surface area contributed by atoms with E-state index in [-0.39, 0.29) is 5.43 Å². The lowest BCUT2D eigenvalue weighted by molar-refractivity contribution is 1.36. The van der Waals surface area contributed by atoms with Crippen LogP contribution in [-0.2, 0) is 0 Å². The van der Waals surface area contributed by atoms with Crippen molar-refractivity contribution in [3.05, 3.63) is 45.6 Å². The molecule has 0 aliphatic heterocycles. The van der Waals surface area contributed by atoms with Gasteiger partial charge in [0.05, 0.1) is 0 Å². The highest BCUT2D eigenvalue weighted by Gasteiger charge is 1.87. The van der Waals surface area contributed by atoms with Crippen molar-refractivity contribution in [1.29, 1.82) is 0 Å². The van der Waals surface area contributed by atoms with Crippen LogP contribution in [0.1, 0.15) is 11.1 Å². The molecule has 0 saturated heterocycles. The Balaban J connectivity index is 3.45. The molecule has 1 aromatic rings. The molecule has 1 heteroatoms. The Hall–Kier alpha value is -1.11. The molecule has 10 heavy (non-hydrogen) atoms. The first-order chi connectivity index (χ1) is 4.70. The summed E-state index contributed by atoms with van der Waals surface area (Å²) in [5.41, 5.74) is 2.28. The van der Waals surface area contributed by atoms with Gasteiger partial charge in [0, 0.05) is 0 Å². The summed E-state index contributed by atoms with van der Waals surface area (Å²) >= 11 is 0. The summed E-state index contributed by atoms with van der Waals surface area (Å²) in [6.45, 7) is 3.94. The van der Waals surface area contributed by atoms with Crippen molar-refractivity contribution in [2.45, 2.75) is 13.8 Å². The second kappa shape index (κ2) is 2.65. The summed E-state index contributed by atoms with van der Waals surface area (Å²) in [5.74, 6) is 0. The Morgan fingerprint density at radius 1 is 1.10 bits per heavy atom. The summed E-state index contributed by atoms with van der Waals surface area (Å²) in [6.07, 6.45) is 0. The van der Waals surface area contributed by atoms with Gasteiger partial charge in [-0.15, -0.1) is 0 Å². The summed E-state index contributed by atoms with van der Waals surface area (Å²) in [7, 11) is 0. The van der Waals surface area contributed by atoms with Crippen molar-refractivity contribution in [3.8, 4) is 0 Å². The van der Waals surface area contributed by atoms with E-state index in [1.807, 2.05) is 19.9 Å². The van der Waals surface area contributed by atoms with Crippen LogP contribution in [0.3, 0.4) is 0 Å². The Morgan fingerprint density at radius 3 is 2.50 bits per heavy atom. The normalized spacial score (nSPS) is 9.40. The van der Waals surface area contributed by atoms with Crippen molar-refractivity contribution in [3.63, 3.8) is 0 Å². The first-order valence-electron chi connectivity index (χ1n) is 3.28. The molecule has 1 nitrogen and oxygen atoms in total. The molecule has 0 N–H and O–H groups in total. The molecule has 0 aromatic heterocycles. The van der Waals surface area contributed by atoms with E-state index < -0.39 is 0 Å². The fourth-order valence-electron chi connectivity index (χ4n) is 0.794. The van der Waals surface area contributed by atoms with Gasteiger partial charge in [-0.2, -0.15) is 0 Å². The van der Waals surface area contributed by atoms with Crippen LogP contribution in [0.5, 0.6) is 0 Å². The minimum Gasteiger partial charge on any atom is -0.290 e. The second-order valence-electron chi connectivity index (χ2n) is 2.44. The molecule has 0 aliphatic carbocycles. The van der Waals surface area contributed by atoms with E-state index in [1.165, 1.54) is 0 Å². The van der Waals surface area contributed by atoms with Crippen LogP contribution in [0.4, 0.5) is 0 Å². The maximum atomic E-state index is 10.8. The van der Waals surface area contributed by atoms with Crippen LogP contribution in [0.25, 0.3) is 0 Å². The van der Waals surface area contributed by atoms with E-state index in [4.69, 9.17) is 0 Å². The SMILES string of the molecule is Cc1cccc(=O)cc1C. The predicted octanol–water partition coefficient (Wildman–Crippen LogP) is 1.66. The molecule has 0 aliphatic rings. The molecule has 1 aromatic carbocycles. The number of aryl methyl sites for hydroxylation is 2. The van der Waals surface area contributed by atoms with Crippen LogP contribution in [0.15, 0.2) is 29.1 Å².